The van der Waals surface area contributed by atoms with E-state index in [4.69, 9.17) is 0 Å². The van der Waals surface area contributed by atoms with Gasteiger partial charge in [-0.1, -0.05) is 15.9 Å². The highest BCUT2D eigenvalue weighted by Crippen LogP contribution is 2.21. The van der Waals surface area contributed by atoms with Crippen LogP contribution in [0.25, 0.3) is 0 Å². The molecule has 5 heteroatoms. The summed E-state index contributed by atoms with van der Waals surface area (Å²) in [6.07, 6.45) is 3.42. The van der Waals surface area contributed by atoms with Gasteiger partial charge in [-0.3, -0.25) is 9.69 Å². The van der Waals surface area contributed by atoms with E-state index in [1.165, 1.54) is 0 Å². The number of rotatable bonds is 3. The van der Waals surface area contributed by atoms with Gasteiger partial charge in [0.2, 0.25) is 5.91 Å². The van der Waals surface area contributed by atoms with Crippen molar-refractivity contribution >= 4 is 27.7 Å². The molecule has 1 unspecified atom stereocenters. The summed E-state index contributed by atoms with van der Waals surface area (Å²) >= 11 is 3.39. The van der Waals surface area contributed by atoms with Gasteiger partial charge >= 0.3 is 0 Å². The number of halogens is 1. The molecule has 1 aliphatic rings. The lowest BCUT2D eigenvalue weighted by Gasteiger charge is -2.18. The van der Waals surface area contributed by atoms with Crippen molar-refractivity contribution in [3.05, 3.63) is 22.8 Å². The van der Waals surface area contributed by atoms with Gasteiger partial charge in [0.15, 0.2) is 0 Å². The van der Waals surface area contributed by atoms with Crippen molar-refractivity contribution in [1.29, 1.82) is 0 Å². The summed E-state index contributed by atoms with van der Waals surface area (Å²) in [5, 5.41) is 0. The third-order valence-electron chi connectivity index (χ3n) is 3.38. The van der Waals surface area contributed by atoms with Crippen LogP contribution in [0.2, 0.25) is 0 Å². The van der Waals surface area contributed by atoms with Crippen LogP contribution in [0.5, 0.6) is 0 Å². The second-order valence-corrected chi connectivity index (χ2v) is 5.82. The Morgan fingerprint density at radius 3 is 3.06 bits per heavy atom. The lowest BCUT2D eigenvalue weighted by atomic mass is 10.0. The quantitative estimate of drug-likeness (QED) is 0.858. The number of likely N-dealkylation sites (tertiary alicyclic amines) is 1. The lowest BCUT2D eigenvalue weighted by Crippen LogP contribution is -2.29. The number of carbonyl (C=O) groups excluding carboxylic acids is 1. The molecule has 0 spiro atoms. The average Bonchev–Trinajstić information content (AvgIpc) is 2.73. The molecule has 2 rings (SSSR count). The minimum atomic E-state index is 0.140. The summed E-state index contributed by atoms with van der Waals surface area (Å²) in [7, 11) is 3.89. The fourth-order valence-electron chi connectivity index (χ4n) is 2.28. The summed E-state index contributed by atoms with van der Waals surface area (Å²) in [6, 6.07) is 3.71. The highest BCUT2D eigenvalue weighted by atomic mass is 79.9. The zero-order valence-electron chi connectivity index (χ0n) is 10.8. The topological polar surface area (TPSA) is 36.4 Å². The van der Waals surface area contributed by atoms with E-state index in [0.29, 0.717) is 18.2 Å². The van der Waals surface area contributed by atoms with Crippen LogP contribution in [-0.2, 0) is 4.79 Å². The molecule has 1 amide bonds. The summed E-state index contributed by atoms with van der Waals surface area (Å²) < 4.78 is 0.938. The van der Waals surface area contributed by atoms with Crippen molar-refractivity contribution in [2.24, 2.45) is 5.92 Å². The summed E-state index contributed by atoms with van der Waals surface area (Å²) in [4.78, 5) is 20.3. The first-order valence-corrected chi connectivity index (χ1v) is 6.92. The van der Waals surface area contributed by atoms with Crippen molar-refractivity contribution in [2.45, 2.75) is 12.8 Å². The first-order valence-electron chi connectivity index (χ1n) is 6.13. The van der Waals surface area contributed by atoms with Crippen LogP contribution < -0.4 is 4.90 Å². The Kier molecular flexibility index (Phi) is 4.35. The van der Waals surface area contributed by atoms with E-state index in [-0.39, 0.29) is 5.91 Å². The maximum absolute atomic E-state index is 12.2. The number of hydrogen-bond donors (Lipinski definition) is 0. The van der Waals surface area contributed by atoms with E-state index >= 15 is 0 Å². The third kappa shape index (κ3) is 3.29. The maximum Gasteiger partial charge on any atom is 0.228 e. The zero-order valence-corrected chi connectivity index (χ0v) is 12.4. The Morgan fingerprint density at radius 2 is 2.44 bits per heavy atom. The highest BCUT2D eigenvalue weighted by molar-refractivity contribution is 9.10. The van der Waals surface area contributed by atoms with Gasteiger partial charge in [0.05, 0.1) is 0 Å². The molecule has 1 atom stereocenters. The lowest BCUT2D eigenvalue weighted by molar-refractivity contribution is -0.119. The Labute approximate surface area is 116 Å². The zero-order chi connectivity index (χ0) is 13.1. The number of carbonyl (C=O) groups is 1. The van der Waals surface area contributed by atoms with E-state index in [2.05, 4.69) is 32.9 Å². The van der Waals surface area contributed by atoms with Crippen LogP contribution in [0.15, 0.2) is 22.8 Å². The number of aromatic nitrogens is 1. The number of pyridine rings is 1. The van der Waals surface area contributed by atoms with Crippen molar-refractivity contribution in [3.63, 3.8) is 0 Å². The maximum atomic E-state index is 12.2. The van der Waals surface area contributed by atoms with Crippen LogP contribution in [0.1, 0.15) is 12.8 Å². The molecule has 1 aromatic heterocycles. The van der Waals surface area contributed by atoms with E-state index < -0.39 is 0 Å². The van der Waals surface area contributed by atoms with Gasteiger partial charge < -0.3 is 4.90 Å². The van der Waals surface area contributed by atoms with Gasteiger partial charge in [-0.05, 0) is 38.1 Å². The predicted octanol–water partition coefficient (Wildman–Crippen LogP) is 2.15. The molecule has 0 aromatic carbocycles. The van der Waals surface area contributed by atoms with Crippen LogP contribution in [0.4, 0.5) is 5.82 Å². The normalized spacial score (nSPS) is 20.1. The Morgan fingerprint density at radius 1 is 1.67 bits per heavy atom. The standard InChI is InChI=1S/C13H18BrN3O/c1-16-6-4-10(9-16)7-13(18)17(2)12-8-11(14)3-5-15-12/h3,5,8,10H,4,6-7,9H2,1-2H3. The molecule has 0 bridgehead atoms. The fraction of sp³-hybridized carbons (Fsp3) is 0.538. The van der Waals surface area contributed by atoms with E-state index in [1.807, 2.05) is 12.1 Å². The molecule has 98 valence electrons. The Bertz CT molecular complexity index is 438. The molecule has 18 heavy (non-hydrogen) atoms. The second kappa shape index (κ2) is 5.80. The Balaban J connectivity index is 1.96. The number of amides is 1. The number of nitrogens with zero attached hydrogens (tertiary/aromatic N) is 3. The summed E-state index contributed by atoms with van der Waals surface area (Å²) in [5.41, 5.74) is 0. The summed E-state index contributed by atoms with van der Waals surface area (Å²) in [5.74, 6) is 1.32. The van der Waals surface area contributed by atoms with Crippen molar-refractivity contribution in [2.75, 3.05) is 32.1 Å². The van der Waals surface area contributed by atoms with Crippen molar-refractivity contribution in [3.8, 4) is 0 Å². The van der Waals surface area contributed by atoms with Gasteiger partial charge in [-0.25, -0.2) is 4.98 Å². The van der Waals surface area contributed by atoms with E-state index in [1.54, 1.807) is 18.1 Å². The van der Waals surface area contributed by atoms with Crippen LogP contribution in [-0.4, -0.2) is 43.0 Å². The largest absolute Gasteiger partial charge is 0.306 e. The van der Waals surface area contributed by atoms with Gasteiger partial charge in [0.1, 0.15) is 5.82 Å². The number of anilines is 1. The highest BCUT2D eigenvalue weighted by Gasteiger charge is 2.24. The molecular formula is C13H18BrN3O. The first-order chi connectivity index (χ1) is 8.56. The van der Waals surface area contributed by atoms with Gasteiger partial charge in [0.25, 0.3) is 0 Å². The molecule has 1 aliphatic heterocycles. The van der Waals surface area contributed by atoms with Crippen molar-refractivity contribution < 1.29 is 4.79 Å². The molecule has 2 heterocycles. The second-order valence-electron chi connectivity index (χ2n) is 4.91. The molecule has 0 saturated carbocycles. The smallest absolute Gasteiger partial charge is 0.228 e. The predicted molar refractivity (Wildman–Crippen MR) is 75.6 cm³/mol. The van der Waals surface area contributed by atoms with E-state index in [9.17, 15) is 4.79 Å². The fourth-order valence-corrected chi connectivity index (χ4v) is 2.60. The molecule has 0 N–H and O–H groups in total. The summed E-state index contributed by atoms with van der Waals surface area (Å²) in [6.45, 7) is 2.11. The van der Waals surface area contributed by atoms with Gasteiger partial charge in [0, 0.05) is 30.7 Å². The monoisotopic (exact) mass is 311 g/mol. The molecule has 0 radical (unpaired) electrons. The number of hydrogen-bond acceptors (Lipinski definition) is 3. The van der Waals surface area contributed by atoms with E-state index in [0.717, 1.165) is 24.0 Å². The van der Waals surface area contributed by atoms with Gasteiger partial charge in [-0.15, -0.1) is 0 Å². The SMILES string of the molecule is CN1CCC(CC(=O)N(C)c2cc(Br)ccn2)C1. The molecular weight excluding hydrogens is 294 g/mol. The minimum Gasteiger partial charge on any atom is -0.306 e. The van der Waals surface area contributed by atoms with Crippen LogP contribution in [0.3, 0.4) is 0 Å². The average molecular weight is 312 g/mol. The van der Waals surface area contributed by atoms with Crippen LogP contribution >= 0.6 is 15.9 Å². The van der Waals surface area contributed by atoms with Crippen LogP contribution in [0, 0.1) is 5.92 Å². The van der Waals surface area contributed by atoms with Crippen molar-refractivity contribution in [1.82, 2.24) is 9.88 Å². The third-order valence-corrected chi connectivity index (χ3v) is 3.87. The molecule has 4 nitrogen and oxygen atoms in total. The first kappa shape index (κ1) is 13.5. The molecule has 1 aromatic rings. The molecule has 1 fully saturated rings. The Hall–Kier alpha value is -0.940. The molecule has 1 saturated heterocycles. The molecule has 0 aliphatic carbocycles. The minimum absolute atomic E-state index is 0.140. The van der Waals surface area contributed by atoms with Gasteiger partial charge in [-0.2, -0.15) is 0 Å².